The maximum absolute atomic E-state index is 12.2. The standard InChI is InChI=1S/C17H19N5O3/c1-2-9-22-14-6-4-3-5-12(14)18-17(22)19-15(23)8-11-21-10-7-13(20-21)16(24)25/h3-7,10H,2,8-9,11H2,1H3,(H,24,25)(H,18,19,23). The molecule has 0 aliphatic carbocycles. The predicted molar refractivity (Wildman–Crippen MR) is 92.5 cm³/mol. The summed E-state index contributed by atoms with van der Waals surface area (Å²) >= 11 is 0. The molecule has 8 nitrogen and oxygen atoms in total. The summed E-state index contributed by atoms with van der Waals surface area (Å²) in [4.78, 5) is 27.5. The summed E-state index contributed by atoms with van der Waals surface area (Å²) in [6.45, 7) is 3.13. The molecular formula is C17H19N5O3. The predicted octanol–water partition coefficient (Wildman–Crippen LogP) is 2.37. The number of carbonyl (C=O) groups excluding carboxylic acids is 1. The number of rotatable bonds is 7. The SMILES string of the molecule is CCCn1c(NC(=O)CCn2ccc(C(=O)O)n2)nc2ccccc21. The van der Waals surface area contributed by atoms with E-state index in [2.05, 4.69) is 22.3 Å². The number of hydrogen-bond acceptors (Lipinski definition) is 4. The highest BCUT2D eigenvalue weighted by molar-refractivity contribution is 5.91. The second-order valence-corrected chi connectivity index (χ2v) is 5.64. The van der Waals surface area contributed by atoms with Crippen molar-refractivity contribution in [2.75, 3.05) is 5.32 Å². The molecule has 1 aromatic carbocycles. The zero-order valence-corrected chi connectivity index (χ0v) is 13.8. The minimum Gasteiger partial charge on any atom is -0.476 e. The van der Waals surface area contributed by atoms with Gasteiger partial charge in [0.2, 0.25) is 11.9 Å². The van der Waals surface area contributed by atoms with Crippen LogP contribution in [0.4, 0.5) is 5.95 Å². The lowest BCUT2D eigenvalue weighted by Crippen LogP contribution is -2.18. The maximum Gasteiger partial charge on any atom is 0.356 e. The summed E-state index contributed by atoms with van der Waals surface area (Å²) in [5.41, 5.74) is 1.78. The van der Waals surface area contributed by atoms with Gasteiger partial charge in [0.05, 0.1) is 11.0 Å². The Bertz CT molecular complexity index is 912. The van der Waals surface area contributed by atoms with Crippen molar-refractivity contribution < 1.29 is 14.7 Å². The highest BCUT2D eigenvalue weighted by atomic mass is 16.4. The molecular weight excluding hydrogens is 322 g/mol. The van der Waals surface area contributed by atoms with E-state index in [1.54, 1.807) is 6.20 Å². The van der Waals surface area contributed by atoms with E-state index in [9.17, 15) is 9.59 Å². The molecule has 3 rings (SSSR count). The first-order chi connectivity index (χ1) is 12.1. The molecule has 0 atom stereocenters. The number of aromatic carboxylic acids is 1. The number of para-hydroxylation sites is 2. The number of carboxylic acids is 1. The Labute approximate surface area is 144 Å². The number of imidazole rings is 1. The Morgan fingerprint density at radius 2 is 2.00 bits per heavy atom. The van der Waals surface area contributed by atoms with E-state index in [0.29, 0.717) is 12.5 Å². The molecule has 0 saturated carbocycles. The number of hydrogen-bond donors (Lipinski definition) is 2. The van der Waals surface area contributed by atoms with Crippen LogP contribution in [0.3, 0.4) is 0 Å². The van der Waals surface area contributed by atoms with Crippen molar-refractivity contribution >= 4 is 28.9 Å². The molecule has 1 amide bonds. The monoisotopic (exact) mass is 341 g/mol. The van der Waals surface area contributed by atoms with Crippen molar-refractivity contribution in [2.24, 2.45) is 0 Å². The molecule has 0 radical (unpaired) electrons. The third-order valence-corrected chi connectivity index (χ3v) is 3.78. The molecule has 0 aliphatic heterocycles. The first-order valence-corrected chi connectivity index (χ1v) is 8.10. The van der Waals surface area contributed by atoms with Gasteiger partial charge in [0.1, 0.15) is 0 Å². The Morgan fingerprint density at radius 3 is 2.72 bits per heavy atom. The molecule has 2 heterocycles. The number of aryl methyl sites for hydroxylation is 2. The minimum atomic E-state index is -1.09. The molecule has 0 unspecified atom stereocenters. The second-order valence-electron chi connectivity index (χ2n) is 5.64. The third-order valence-electron chi connectivity index (χ3n) is 3.78. The van der Waals surface area contributed by atoms with Gasteiger partial charge in [-0.2, -0.15) is 5.10 Å². The van der Waals surface area contributed by atoms with Crippen molar-refractivity contribution in [3.05, 3.63) is 42.2 Å². The molecule has 8 heteroatoms. The van der Waals surface area contributed by atoms with E-state index in [4.69, 9.17) is 5.11 Å². The summed E-state index contributed by atoms with van der Waals surface area (Å²) in [6.07, 6.45) is 2.65. The smallest absolute Gasteiger partial charge is 0.356 e. The average molecular weight is 341 g/mol. The van der Waals surface area contributed by atoms with E-state index in [-0.39, 0.29) is 18.0 Å². The number of aromatic nitrogens is 4. The van der Waals surface area contributed by atoms with Gasteiger partial charge in [-0.05, 0) is 24.6 Å². The molecule has 0 fully saturated rings. The highest BCUT2D eigenvalue weighted by Gasteiger charge is 2.13. The summed E-state index contributed by atoms with van der Waals surface area (Å²) in [5, 5.41) is 15.6. The number of anilines is 1. The van der Waals surface area contributed by atoms with E-state index in [1.165, 1.54) is 10.7 Å². The topological polar surface area (TPSA) is 102 Å². The van der Waals surface area contributed by atoms with Crippen LogP contribution in [0.15, 0.2) is 36.5 Å². The highest BCUT2D eigenvalue weighted by Crippen LogP contribution is 2.20. The summed E-state index contributed by atoms with van der Waals surface area (Å²) < 4.78 is 3.43. The van der Waals surface area contributed by atoms with E-state index in [0.717, 1.165) is 24.0 Å². The molecule has 2 aromatic heterocycles. The largest absolute Gasteiger partial charge is 0.476 e. The minimum absolute atomic E-state index is 0.0369. The van der Waals surface area contributed by atoms with Gasteiger partial charge in [-0.1, -0.05) is 19.1 Å². The zero-order chi connectivity index (χ0) is 17.8. The molecule has 25 heavy (non-hydrogen) atoms. The fourth-order valence-electron chi connectivity index (χ4n) is 2.62. The Morgan fingerprint density at radius 1 is 1.20 bits per heavy atom. The molecule has 3 aromatic rings. The van der Waals surface area contributed by atoms with Crippen LogP contribution >= 0.6 is 0 Å². The van der Waals surface area contributed by atoms with Crippen LogP contribution in [0.1, 0.15) is 30.3 Å². The fourth-order valence-corrected chi connectivity index (χ4v) is 2.62. The number of carbonyl (C=O) groups is 2. The lowest BCUT2D eigenvalue weighted by molar-refractivity contribution is -0.116. The number of carboxylic acid groups (broad SMARTS) is 1. The Balaban J connectivity index is 1.68. The van der Waals surface area contributed by atoms with E-state index < -0.39 is 5.97 Å². The lowest BCUT2D eigenvalue weighted by Gasteiger charge is -2.09. The summed E-state index contributed by atoms with van der Waals surface area (Å²) in [6, 6.07) is 9.15. The number of nitrogens with zero attached hydrogens (tertiary/aromatic N) is 4. The molecule has 0 saturated heterocycles. The molecule has 0 spiro atoms. The van der Waals surface area contributed by atoms with Crippen molar-refractivity contribution in [2.45, 2.75) is 32.9 Å². The van der Waals surface area contributed by atoms with Gasteiger partial charge in [-0.25, -0.2) is 9.78 Å². The molecule has 2 N–H and O–H groups in total. The third kappa shape index (κ3) is 3.68. The van der Waals surface area contributed by atoms with Crippen LogP contribution in [0.25, 0.3) is 11.0 Å². The first kappa shape index (κ1) is 16.7. The second kappa shape index (κ2) is 7.16. The number of nitrogens with one attached hydrogen (secondary N) is 1. The first-order valence-electron chi connectivity index (χ1n) is 8.10. The van der Waals surface area contributed by atoms with E-state index >= 15 is 0 Å². The van der Waals surface area contributed by atoms with Crippen LogP contribution < -0.4 is 5.32 Å². The van der Waals surface area contributed by atoms with Gasteiger partial charge < -0.3 is 9.67 Å². The Hall–Kier alpha value is -3.16. The van der Waals surface area contributed by atoms with Gasteiger partial charge in [0.15, 0.2) is 5.69 Å². The zero-order valence-electron chi connectivity index (χ0n) is 13.8. The summed E-state index contributed by atoms with van der Waals surface area (Å²) in [5.74, 6) is -0.753. The van der Waals surface area contributed by atoms with Crippen LogP contribution in [0, 0.1) is 0 Å². The van der Waals surface area contributed by atoms with Gasteiger partial charge in [0, 0.05) is 25.7 Å². The molecule has 0 aliphatic rings. The van der Waals surface area contributed by atoms with Crippen LogP contribution in [-0.4, -0.2) is 36.3 Å². The van der Waals surface area contributed by atoms with Crippen LogP contribution in [0.2, 0.25) is 0 Å². The van der Waals surface area contributed by atoms with Crippen molar-refractivity contribution in [3.8, 4) is 0 Å². The van der Waals surface area contributed by atoms with Gasteiger partial charge >= 0.3 is 5.97 Å². The quantitative estimate of drug-likeness (QED) is 0.687. The normalized spacial score (nSPS) is 10.9. The van der Waals surface area contributed by atoms with Crippen LogP contribution in [-0.2, 0) is 17.9 Å². The van der Waals surface area contributed by atoms with Crippen molar-refractivity contribution in [1.29, 1.82) is 0 Å². The molecule has 0 bridgehead atoms. The van der Waals surface area contributed by atoms with Crippen molar-refractivity contribution in [1.82, 2.24) is 19.3 Å². The Kier molecular flexibility index (Phi) is 4.78. The number of amides is 1. The summed E-state index contributed by atoms with van der Waals surface area (Å²) in [7, 11) is 0. The van der Waals surface area contributed by atoms with Crippen molar-refractivity contribution in [3.63, 3.8) is 0 Å². The fraction of sp³-hybridized carbons (Fsp3) is 0.294. The lowest BCUT2D eigenvalue weighted by atomic mass is 10.3. The van der Waals surface area contributed by atoms with E-state index in [1.807, 2.05) is 28.8 Å². The maximum atomic E-state index is 12.2. The van der Waals surface area contributed by atoms with Gasteiger partial charge in [-0.15, -0.1) is 0 Å². The average Bonchev–Trinajstić information content (AvgIpc) is 3.19. The van der Waals surface area contributed by atoms with Gasteiger partial charge in [0.25, 0.3) is 0 Å². The number of fused-ring (bicyclic) bond motifs is 1. The number of benzene rings is 1. The molecule has 130 valence electrons. The van der Waals surface area contributed by atoms with Crippen LogP contribution in [0.5, 0.6) is 0 Å². The van der Waals surface area contributed by atoms with Gasteiger partial charge in [-0.3, -0.25) is 14.8 Å².